The molecule has 0 aliphatic carbocycles. The Balaban J connectivity index is 1.82. The molecule has 1 atom stereocenters. The summed E-state index contributed by atoms with van der Waals surface area (Å²) in [7, 11) is 4.19. The molecule has 3 heteroatoms. The second-order valence-electron chi connectivity index (χ2n) is 6.13. The lowest BCUT2D eigenvalue weighted by Crippen LogP contribution is -2.13. The zero-order valence-corrected chi connectivity index (χ0v) is 13.2. The minimum Gasteiger partial charge on any atom is -0.369 e. The summed E-state index contributed by atoms with van der Waals surface area (Å²) in [4.78, 5) is 2.20. The molecule has 0 amide bonds. The van der Waals surface area contributed by atoms with Crippen LogP contribution in [0.3, 0.4) is 0 Å². The number of halogens is 1. The Morgan fingerprint density at radius 2 is 1.91 bits per heavy atom. The summed E-state index contributed by atoms with van der Waals surface area (Å²) in [5.41, 5.74) is 4.76. The summed E-state index contributed by atoms with van der Waals surface area (Å²) in [5, 5.41) is 0. The van der Waals surface area contributed by atoms with Gasteiger partial charge in [0.05, 0.1) is 12.7 Å². The van der Waals surface area contributed by atoms with E-state index in [1.165, 1.54) is 23.3 Å². The number of ether oxygens (including phenoxy) is 1. The standard InChI is InChI=1S/C19H22FNO/c1-21(2)12-4-7-19-17-6-3-5-16(18(17)13-22-19)14-8-10-15(20)11-9-14/h3,5-6,8-11,19H,4,7,12-13H2,1-2H3. The fraction of sp³-hybridized carbons (Fsp3) is 0.368. The van der Waals surface area contributed by atoms with Crippen LogP contribution in [-0.2, 0) is 11.3 Å². The molecule has 1 unspecified atom stereocenters. The number of rotatable bonds is 5. The normalized spacial score (nSPS) is 17.0. The third kappa shape index (κ3) is 3.21. The molecule has 3 rings (SSSR count). The molecule has 1 aliphatic rings. The van der Waals surface area contributed by atoms with Crippen LogP contribution in [0.5, 0.6) is 0 Å². The molecule has 0 saturated carbocycles. The van der Waals surface area contributed by atoms with Gasteiger partial charge in [0.2, 0.25) is 0 Å². The first-order valence-corrected chi connectivity index (χ1v) is 7.79. The number of hydrogen-bond acceptors (Lipinski definition) is 2. The molecule has 0 aromatic heterocycles. The van der Waals surface area contributed by atoms with Crippen molar-refractivity contribution in [2.45, 2.75) is 25.6 Å². The van der Waals surface area contributed by atoms with E-state index in [-0.39, 0.29) is 11.9 Å². The quantitative estimate of drug-likeness (QED) is 0.811. The maximum Gasteiger partial charge on any atom is 0.123 e. The first-order valence-electron chi connectivity index (χ1n) is 7.79. The van der Waals surface area contributed by atoms with Crippen molar-refractivity contribution >= 4 is 0 Å². The highest BCUT2D eigenvalue weighted by Crippen LogP contribution is 2.39. The maximum absolute atomic E-state index is 13.1. The molecular weight excluding hydrogens is 277 g/mol. The van der Waals surface area contributed by atoms with E-state index in [1.807, 2.05) is 12.1 Å². The first kappa shape index (κ1) is 15.2. The molecule has 0 saturated heterocycles. The second kappa shape index (κ2) is 6.59. The van der Waals surface area contributed by atoms with Crippen LogP contribution < -0.4 is 0 Å². The van der Waals surface area contributed by atoms with E-state index in [0.29, 0.717) is 6.61 Å². The average molecular weight is 299 g/mol. The van der Waals surface area contributed by atoms with Crippen molar-refractivity contribution in [3.05, 3.63) is 59.4 Å². The van der Waals surface area contributed by atoms with E-state index in [4.69, 9.17) is 4.74 Å². The van der Waals surface area contributed by atoms with Crippen LogP contribution in [-0.4, -0.2) is 25.5 Å². The third-order valence-corrected chi connectivity index (χ3v) is 4.21. The van der Waals surface area contributed by atoms with Crippen LogP contribution in [0.25, 0.3) is 11.1 Å². The Kier molecular flexibility index (Phi) is 4.55. The van der Waals surface area contributed by atoms with Crippen LogP contribution in [0.1, 0.15) is 30.1 Å². The largest absolute Gasteiger partial charge is 0.369 e. The smallest absolute Gasteiger partial charge is 0.123 e. The van der Waals surface area contributed by atoms with Crippen LogP contribution in [0, 0.1) is 5.82 Å². The zero-order valence-electron chi connectivity index (χ0n) is 13.2. The number of benzene rings is 2. The van der Waals surface area contributed by atoms with Gasteiger partial charge < -0.3 is 9.64 Å². The fourth-order valence-corrected chi connectivity index (χ4v) is 3.07. The van der Waals surface area contributed by atoms with E-state index < -0.39 is 0 Å². The fourth-order valence-electron chi connectivity index (χ4n) is 3.07. The molecule has 2 aromatic carbocycles. The average Bonchev–Trinajstić information content (AvgIpc) is 2.91. The highest BCUT2D eigenvalue weighted by molar-refractivity contribution is 5.69. The van der Waals surface area contributed by atoms with Gasteiger partial charge in [0.1, 0.15) is 5.82 Å². The lowest BCUT2D eigenvalue weighted by molar-refractivity contribution is 0.0574. The molecular formula is C19H22FNO. The van der Waals surface area contributed by atoms with Gasteiger partial charge in [-0.15, -0.1) is 0 Å². The van der Waals surface area contributed by atoms with Gasteiger partial charge in [-0.25, -0.2) is 4.39 Å². The number of hydrogen-bond donors (Lipinski definition) is 0. The van der Waals surface area contributed by atoms with Crippen LogP contribution in [0.4, 0.5) is 4.39 Å². The van der Waals surface area contributed by atoms with Crippen molar-refractivity contribution in [3.8, 4) is 11.1 Å². The van der Waals surface area contributed by atoms with Crippen molar-refractivity contribution < 1.29 is 9.13 Å². The van der Waals surface area contributed by atoms with Crippen LogP contribution in [0.15, 0.2) is 42.5 Å². The number of nitrogens with zero attached hydrogens (tertiary/aromatic N) is 1. The minimum absolute atomic E-state index is 0.190. The molecule has 0 radical (unpaired) electrons. The molecule has 1 aliphatic heterocycles. The summed E-state index contributed by atoms with van der Waals surface area (Å²) >= 11 is 0. The molecule has 0 bridgehead atoms. The van der Waals surface area contributed by atoms with Crippen molar-refractivity contribution in [3.63, 3.8) is 0 Å². The van der Waals surface area contributed by atoms with Gasteiger partial charge in [0, 0.05) is 0 Å². The molecule has 0 N–H and O–H groups in total. The lowest BCUT2D eigenvalue weighted by atomic mass is 9.94. The summed E-state index contributed by atoms with van der Waals surface area (Å²) in [6, 6.07) is 13.0. The topological polar surface area (TPSA) is 12.5 Å². The minimum atomic E-state index is -0.200. The highest BCUT2D eigenvalue weighted by atomic mass is 19.1. The van der Waals surface area contributed by atoms with Crippen molar-refractivity contribution in [2.75, 3.05) is 20.6 Å². The SMILES string of the molecule is CN(C)CCCC1OCc2c(-c3ccc(F)cc3)cccc21. The Morgan fingerprint density at radius 1 is 1.14 bits per heavy atom. The van der Waals surface area contributed by atoms with E-state index >= 15 is 0 Å². The molecule has 22 heavy (non-hydrogen) atoms. The van der Waals surface area contributed by atoms with Gasteiger partial charge in [-0.2, -0.15) is 0 Å². The van der Waals surface area contributed by atoms with Crippen molar-refractivity contribution in [1.29, 1.82) is 0 Å². The third-order valence-electron chi connectivity index (χ3n) is 4.21. The number of fused-ring (bicyclic) bond motifs is 1. The predicted octanol–water partition coefficient (Wildman–Crippen LogP) is 4.41. The second-order valence-corrected chi connectivity index (χ2v) is 6.13. The molecule has 0 fully saturated rings. The van der Waals surface area contributed by atoms with Crippen LogP contribution in [0.2, 0.25) is 0 Å². The summed E-state index contributed by atoms with van der Waals surface area (Å²) < 4.78 is 19.1. The lowest BCUT2D eigenvalue weighted by Gasteiger charge is -2.14. The zero-order chi connectivity index (χ0) is 15.5. The van der Waals surface area contributed by atoms with E-state index in [0.717, 1.165) is 30.5 Å². The summed E-state index contributed by atoms with van der Waals surface area (Å²) in [6.07, 6.45) is 2.35. The predicted molar refractivity (Wildman–Crippen MR) is 87.2 cm³/mol. The molecule has 2 aromatic rings. The van der Waals surface area contributed by atoms with E-state index in [9.17, 15) is 4.39 Å². The van der Waals surface area contributed by atoms with Crippen molar-refractivity contribution in [1.82, 2.24) is 4.90 Å². The first-order chi connectivity index (χ1) is 10.6. The van der Waals surface area contributed by atoms with E-state index in [2.05, 4.69) is 37.2 Å². The van der Waals surface area contributed by atoms with Gasteiger partial charge >= 0.3 is 0 Å². The Labute approximate surface area is 131 Å². The van der Waals surface area contributed by atoms with Gasteiger partial charge in [0.25, 0.3) is 0 Å². The Bertz CT molecular complexity index is 636. The highest BCUT2D eigenvalue weighted by Gasteiger charge is 2.25. The van der Waals surface area contributed by atoms with Gasteiger partial charge in [-0.3, -0.25) is 0 Å². The molecule has 0 spiro atoms. The molecule has 1 heterocycles. The van der Waals surface area contributed by atoms with E-state index in [1.54, 1.807) is 0 Å². The molecule has 116 valence electrons. The van der Waals surface area contributed by atoms with Crippen molar-refractivity contribution in [2.24, 2.45) is 0 Å². The Morgan fingerprint density at radius 3 is 2.64 bits per heavy atom. The van der Waals surface area contributed by atoms with Gasteiger partial charge in [-0.1, -0.05) is 30.3 Å². The molecule has 2 nitrogen and oxygen atoms in total. The monoisotopic (exact) mass is 299 g/mol. The summed E-state index contributed by atoms with van der Waals surface area (Å²) in [6.45, 7) is 1.72. The Hall–Kier alpha value is -1.71. The van der Waals surface area contributed by atoms with Gasteiger partial charge in [-0.05, 0) is 67.9 Å². The summed E-state index contributed by atoms with van der Waals surface area (Å²) in [5.74, 6) is -0.200. The van der Waals surface area contributed by atoms with Crippen LogP contribution >= 0.6 is 0 Å². The van der Waals surface area contributed by atoms with Gasteiger partial charge in [0.15, 0.2) is 0 Å². The maximum atomic E-state index is 13.1.